The molecule has 1 aromatic heterocycles. The smallest absolute Gasteiger partial charge is 0.325 e. The number of nitrogens with one attached hydrogen (secondary N) is 1. The Morgan fingerprint density at radius 2 is 1.79 bits per heavy atom. The van der Waals surface area contributed by atoms with E-state index in [9.17, 15) is 14.4 Å². The zero-order chi connectivity index (χ0) is 17.9. The van der Waals surface area contributed by atoms with Crippen LogP contribution < -0.4 is 16.6 Å². The van der Waals surface area contributed by atoms with E-state index in [4.69, 9.17) is 0 Å². The van der Waals surface area contributed by atoms with Gasteiger partial charge in [-0.05, 0) is 26.0 Å². The van der Waals surface area contributed by atoms with E-state index in [1.54, 1.807) is 14.0 Å². The predicted octanol–water partition coefficient (Wildman–Crippen LogP) is 1.65. The van der Waals surface area contributed by atoms with Crippen LogP contribution in [0.2, 0.25) is 0 Å². The highest BCUT2D eigenvalue weighted by atomic mass is 32.2. The van der Waals surface area contributed by atoms with E-state index >= 15 is 0 Å². The van der Waals surface area contributed by atoms with Crippen molar-refractivity contribution < 1.29 is 4.79 Å². The number of hydrogen-bond acceptors (Lipinski definition) is 4. The molecular formula is C17H21N3O3S. The van der Waals surface area contributed by atoms with Gasteiger partial charge in [-0.2, -0.15) is 0 Å². The topological polar surface area (TPSA) is 73.1 Å². The lowest BCUT2D eigenvalue weighted by Crippen LogP contribution is -2.38. The van der Waals surface area contributed by atoms with Crippen LogP contribution in [0.5, 0.6) is 0 Å². The number of aromatic nitrogens is 2. The molecule has 1 aromatic carbocycles. The van der Waals surface area contributed by atoms with Gasteiger partial charge < -0.3 is 5.32 Å². The van der Waals surface area contributed by atoms with Gasteiger partial charge in [0.15, 0.2) is 0 Å². The summed E-state index contributed by atoms with van der Waals surface area (Å²) in [5, 5.41) is 2.54. The first-order chi connectivity index (χ1) is 11.3. The number of thioether (sulfide) groups is 1. The first kappa shape index (κ1) is 18.1. The van der Waals surface area contributed by atoms with Crippen molar-refractivity contribution in [1.82, 2.24) is 9.13 Å². The Bertz CT molecular complexity index is 853. The molecule has 24 heavy (non-hydrogen) atoms. The molecule has 0 aliphatic carbocycles. The Labute approximate surface area is 144 Å². The van der Waals surface area contributed by atoms with Crippen LogP contribution in [-0.4, -0.2) is 20.3 Å². The third kappa shape index (κ3) is 4.17. The number of aryl methyl sites for hydroxylation is 1. The lowest BCUT2D eigenvalue weighted by Gasteiger charge is -2.14. The van der Waals surface area contributed by atoms with E-state index in [1.807, 2.05) is 31.2 Å². The Morgan fingerprint density at radius 3 is 2.42 bits per heavy atom. The number of amides is 1. The van der Waals surface area contributed by atoms with Crippen molar-refractivity contribution in [3.8, 4) is 0 Å². The molecule has 2 aromatic rings. The summed E-state index contributed by atoms with van der Waals surface area (Å²) in [6.45, 7) is 3.78. The van der Waals surface area contributed by atoms with Crippen LogP contribution in [0.3, 0.4) is 0 Å². The van der Waals surface area contributed by atoms with Gasteiger partial charge in [0.2, 0.25) is 5.91 Å². The molecule has 128 valence electrons. The minimum absolute atomic E-state index is 0.113. The molecule has 1 amide bonds. The third-order valence-electron chi connectivity index (χ3n) is 3.79. The number of anilines is 1. The average molecular weight is 347 g/mol. The van der Waals surface area contributed by atoms with Crippen LogP contribution in [-0.2, 0) is 24.6 Å². The van der Waals surface area contributed by atoms with Gasteiger partial charge in [-0.25, -0.2) is 4.79 Å². The Kier molecular flexibility index (Phi) is 5.66. The molecule has 0 aliphatic rings. The first-order valence-electron chi connectivity index (χ1n) is 7.54. The van der Waals surface area contributed by atoms with Gasteiger partial charge in [0, 0.05) is 37.3 Å². The van der Waals surface area contributed by atoms with Crippen LogP contribution in [0.25, 0.3) is 0 Å². The van der Waals surface area contributed by atoms with Crippen molar-refractivity contribution in [2.45, 2.75) is 24.9 Å². The minimum Gasteiger partial charge on any atom is -0.325 e. The Hall–Kier alpha value is -2.28. The summed E-state index contributed by atoms with van der Waals surface area (Å²) in [5.74, 6) is 0.294. The number of benzene rings is 1. The van der Waals surface area contributed by atoms with E-state index in [2.05, 4.69) is 5.32 Å². The maximum atomic E-state index is 12.2. The average Bonchev–Trinajstić information content (AvgIpc) is 2.56. The summed E-state index contributed by atoms with van der Waals surface area (Å²) in [4.78, 5) is 35.8. The van der Waals surface area contributed by atoms with Crippen molar-refractivity contribution in [3.63, 3.8) is 0 Å². The maximum absolute atomic E-state index is 12.2. The molecule has 0 unspecified atom stereocenters. The standard InChI is InChI=1S/C17H21N3O3S/c1-11-5-7-13(8-6-11)18-16(22)12(2)24-10-14-9-15(21)20(4)17(23)19(14)3/h5-9,12H,10H2,1-4H3,(H,18,22)/t12-/m0/s1. The fourth-order valence-electron chi connectivity index (χ4n) is 2.08. The van der Waals surface area contributed by atoms with Crippen LogP contribution in [0.15, 0.2) is 39.9 Å². The summed E-state index contributed by atoms with van der Waals surface area (Å²) in [7, 11) is 3.06. The predicted molar refractivity (Wildman–Crippen MR) is 97.5 cm³/mol. The highest BCUT2D eigenvalue weighted by molar-refractivity contribution is 7.99. The van der Waals surface area contributed by atoms with Crippen molar-refractivity contribution in [1.29, 1.82) is 0 Å². The van der Waals surface area contributed by atoms with Crippen molar-refractivity contribution in [2.24, 2.45) is 14.1 Å². The fraction of sp³-hybridized carbons (Fsp3) is 0.353. The summed E-state index contributed by atoms with van der Waals surface area (Å²) < 4.78 is 2.49. The summed E-state index contributed by atoms with van der Waals surface area (Å²) >= 11 is 1.38. The molecule has 7 heteroatoms. The number of rotatable bonds is 5. The Balaban J connectivity index is 2.01. The molecule has 1 atom stereocenters. The SMILES string of the molecule is Cc1ccc(NC(=O)[C@H](C)SCc2cc(=O)n(C)c(=O)n2C)cc1. The summed E-state index contributed by atoms with van der Waals surface area (Å²) in [6, 6.07) is 9.01. The molecule has 0 bridgehead atoms. The molecule has 0 spiro atoms. The normalized spacial score (nSPS) is 12.0. The van der Waals surface area contributed by atoms with Crippen LogP contribution in [0, 0.1) is 6.92 Å². The number of carbonyl (C=O) groups is 1. The molecule has 1 heterocycles. The Morgan fingerprint density at radius 1 is 1.17 bits per heavy atom. The molecule has 0 fully saturated rings. The van der Waals surface area contributed by atoms with E-state index in [-0.39, 0.29) is 22.4 Å². The second-order valence-electron chi connectivity index (χ2n) is 5.68. The molecule has 0 aliphatic heterocycles. The molecule has 2 rings (SSSR count). The molecular weight excluding hydrogens is 326 g/mol. The lowest BCUT2D eigenvalue weighted by molar-refractivity contribution is -0.115. The maximum Gasteiger partial charge on any atom is 0.330 e. The van der Waals surface area contributed by atoms with E-state index in [0.29, 0.717) is 11.4 Å². The summed E-state index contributed by atoms with van der Waals surface area (Å²) in [6.07, 6.45) is 0. The molecule has 0 saturated heterocycles. The minimum atomic E-state index is -0.366. The van der Waals surface area contributed by atoms with Gasteiger partial charge in [-0.3, -0.25) is 18.7 Å². The quantitative estimate of drug-likeness (QED) is 0.893. The molecule has 0 saturated carbocycles. The van der Waals surface area contributed by atoms with Gasteiger partial charge in [-0.1, -0.05) is 17.7 Å². The molecule has 1 N–H and O–H groups in total. The second-order valence-corrected chi connectivity index (χ2v) is 7.01. The van der Waals surface area contributed by atoms with Gasteiger partial charge in [0.25, 0.3) is 5.56 Å². The van der Waals surface area contributed by atoms with Crippen molar-refractivity contribution >= 4 is 23.4 Å². The highest BCUT2D eigenvalue weighted by Gasteiger charge is 2.15. The molecule has 6 nitrogen and oxygen atoms in total. The fourth-order valence-corrected chi connectivity index (χ4v) is 2.99. The summed E-state index contributed by atoms with van der Waals surface area (Å²) in [5.41, 5.74) is 1.77. The zero-order valence-electron chi connectivity index (χ0n) is 14.2. The number of carbonyl (C=O) groups excluding carboxylic acids is 1. The monoisotopic (exact) mass is 347 g/mol. The van der Waals surface area contributed by atoms with Gasteiger partial charge in [0.1, 0.15) is 0 Å². The van der Waals surface area contributed by atoms with Crippen LogP contribution >= 0.6 is 11.8 Å². The highest BCUT2D eigenvalue weighted by Crippen LogP contribution is 2.18. The number of hydrogen-bond donors (Lipinski definition) is 1. The lowest BCUT2D eigenvalue weighted by atomic mass is 10.2. The number of nitrogens with zero attached hydrogens (tertiary/aromatic N) is 2. The van der Waals surface area contributed by atoms with E-state index < -0.39 is 0 Å². The zero-order valence-corrected chi connectivity index (χ0v) is 15.0. The van der Waals surface area contributed by atoms with Gasteiger partial charge >= 0.3 is 5.69 Å². The van der Waals surface area contributed by atoms with E-state index in [1.165, 1.54) is 29.4 Å². The second kappa shape index (κ2) is 7.53. The van der Waals surface area contributed by atoms with Crippen molar-refractivity contribution in [2.75, 3.05) is 5.32 Å². The van der Waals surface area contributed by atoms with E-state index in [0.717, 1.165) is 15.8 Å². The van der Waals surface area contributed by atoms with Gasteiger partial charge in [-0.15, -0.1) is 11.8 Å². The first-order valence-corrected chi connectivity index (χ1v) is 8.59. The molecule has 0 radical (unpaired) electrons. The van der Waals surface area contributed by atoms with Crippen LogP contribution in [0.1, 0.15) is 18.2 Å². The van der Waals surface area contributed by atoms with Crippen molar-refractivity contribution in [3.05, 3.63) is 62.4 Å². The largest absolute Gasteiger partial charge is 0.330 e. The van der Waals surface area contributed by atoms with Crippen LogP contribution in [0.4, 0.5) is 5.69 Å². The third-order valence-corrected chi connectivity index (χ3v) is 4.97. The van der Waals surface area contributed by atoms with Gasteiger partial charge in [0.05, 0.1) is 5.25 Å².